The van der Waals surface area contributed by atoms with E-state index in [1.165, 1.54) is 17.6 Å². The Bertz CT molecular complexity index is 1320. The van der Waals surface area contributed by atoms with E-state index < -0.39 is 9.84 Å². The number of aromatic nitrogens is 1. The van der Waals surface area contributed by atoms with Crippen molar-refractivity contribution in [1.29, 1.82) is 0 Å². The first-order valence-electron chi connectivity index (χ1n) is 12.0. The molecule has 0 N–H and O–H groups in total. The molecule has 2 aromatic carbocycles. The maximum absolute atomic E-state index is 13.4. The molecule has 3 aromatic rings. The quantitative estimate of drug-likeness (QED) is 0.409. The van der Waals surface area contributed by atoms with E-state index in [-0.39, 0.29) is 10.8 Å². The largest absolute Gasteiger partial charge is 0.490 e. The summed E-state index contributed by atoms with van der Waals surface area (Å²) in [6.45, 7) is 9.17. The lowest BCUT2D eigenvalue weighted by Crippen LogP contribution is -2.48. The lowest BCUT2D eigenvalue weighted by atomic mass is 10.1. The second-order valence-electron chi connectivity index (χ2n) is 8.25. The van der Waals surface area contributed by atoms with Crippen LogP contribution in [0.4, 0.5) is 5.13 Å². The van der Waals surface area contributed by atoms with Crippen molar-refractivity contribution in [3.05, 3.63) is 35.9 Å². The second kappa shape index (κ2) is 10.9. The Morgan fingerprint density at radius 2 is 1.58 bits per heavy atom. The Morgan fingerprint density at radius 3 is 2.14 bits per heavy atom. The van der Waals surface area contributed by atoms with Crippen molar-refractivity contribution >= 4 is 42.4 Å². The van der Waals surface area contributed by atoms with Gasteiger partial charge in [0.25, 0.3) is 5.91 Å². The number of thiazole rings is 1. The van der Waals surface area contributed by atoms with Gasteiger partial charge < -0.3 is 24.0 Å². The second-order valence-corrected chi connectivity index (χ2v) is 11.2. The van der Waals surface area contributed by atoms with Crippen LogP contribution < -0.4 is 19.1 Å². The number of para-hydroxylation sites is 1. The van der Waals surface area contributed by atoms with E-state index in [1.54, 1.807) is 29.2 Å². The van der Waals surface area contributed by atoms with Crippen LogP contribution in [0, 0.1) is 0 Å². The molecule has 1 aliphatic heterocycles. The summed E-state index contributed by atoms with van der Waals surface area (Å²) in [5, 5.41) is 0.756. The molecule has 0 saturated carbocycles. The third-order valence-electron chi connectivity index (χ3n) is 5.76. The Hall–Kier alpha value is -3.05. The molecule has 1 aromatic heterocycles. The minimum Gasteiger partial charge on any atom is -0.490 e. The predicted octanol–water partition coefficient (Wildman–Crippen LogP) is 3.86. The van der Waals surface area contributed by atoms with Crippen LogP contribution >= 0.6 is 11.3 Å². The summed E-state index contributed by atoms with van der Waals surface area (Å²) in [5.74, 6) is 1.38. The molecule has 0 atom stereocenters. The van der Waals surface area contributed by atoms with E-state index in [4.69, 9.17) is 14.2 Å². The van der Waals surface area contributed by atoms with Crippen LogP contribution in [0.1, 0.15) is 31.1 Å². The van der Waals surface area contributed by atoms with Crippen molar-refractivity contribution in [2.45, 2.75) is 25.7 Å². The van der Waals surface area contributed by atoms with Crippen LogP contribution in [0.15, 0.2) is 35.2 Å². The molecule has 194 valence electrons. The number of sulfone groups is 1. The van der Waals surface area contributed by atoms with Gasteiger partial charge in [-0.1, -0.05) is 17.4 Å². The summed E-state index contributed by atoms with van der Waals surface area (Å²) >= 11 is 1.46. The average Bonchev–Trinajstić information content (AvgIpc) is 3.29. The number of amides is 1. The van der Waals surface area contributed by atoms with Gasteiger partial charge in [0, 0.05) is 38.0 Å². The Balaban J connectivity index is 1.53. The number of rotatable bonds is 9. The number of fused-ring (bicyclic) bond motifs is 1. The van der Waals surface area contributed by atoms with Crippen LogP contribution in [0.5, 0.6) is 17.2 Å². The van der Waals surface area contributed by atoms with Gasteiger partial charge in [-0.05, 0) is 45.0 Å². The van der Waals surface area contributed by atoms with Gasteiger partial charge >= 0.3 is 0 Å². The van der Waals surface area contributed by atoms with E-state index in [0.29, 0.717) is 74.3 Å². The number of piperazine rings is 1. The van der Waals surface area contributed by atoms with Crippen molar-refractivity contribution in [2.24, 2.45) is 0 Å². The summed E-state index contributed by atoms with van der Waals surface area (Å²) in [7, 11) is -3.38. The number of carbonyl (C=O) groups excluding carboxylic acids is 1. The number of benzene rings is 2. The van der Waals surface area contributed by atoms with Crippen molar-refractivity contribution in [1.82, 2.24) is 9.88 Å². The molecule has 1 amide bonds. The molecule has 0 unspecified atom stereocenters. The van der Waals surface area contributed by atoms with E-state index in [9.17, 15) is 13.2 Å². The maximum atomic E-state index is 13.4. The fourth-order valence-corrected chi connectivity index (χ4v) is 6.08. The minimum atomic E-state index is -3.38. The van der Waals surface area contributed by atoms with Gasteiger partial charge in [-0.25, -0.2) is 13.4 Å². The molecular formula is C25H31N3O6S2. The third kappa shape index (κ3) is 5.36. The summed E-state index contributed by atoms with van der Waals surface area (Å²) in [6, 6.07) is 8.63. The molecule has 2 heterocycles. The molecule has 1 aliphatic rings. The number of ether oxygens (including phenoxy) is 3. The highest BCUT2D eigenvalue weighted by atomic mass is 32.2. The molecular weight excluding hydrogens is 502 g/mol. The van der Waals surface area contributed by atoms with Gasteiger partial charge in [-0.3, -0.25) is 4.79 Å². The molecule has 4 rings (SSSR count). The number of hydrogen-bond donors (Lipinski definition) is 0. The SMILES string of the molecule is CCOc1cc(C(=O)N2CCN(c3nc4c(S(C)(=O)=O)cccc4s3)CC2)cc(OCC)c1OCC. The lowest BCUT2D eigenvalue weighted by molar-refractivity contribution is 0.0745. The predicted molar refractivity (Wildman–Crippen MR) is 141 cm³/mol. The van der Waals surface area contributed by atoms with Gasteiger partial charge in [-0.15, -0.1) is 0 Å². The smallest absolute Gasteiger partial charge is 0.254 e. The normalized spacial score (nSPS) is 14.2. The highest BCUT2D eigenvalue weighted by molar-refractivity contribution is 7.91. The van der Waals surface area contributed by atoms with E-state index in [1.807, 2.05) is 26.8 Å². The Morgan fingerprint density at radius 1 is 0.972 bits per heavy atom. The third-order valence-corrected chi connectivity index (χ3v) is 7.97. The highest BCUT2D eigenvalue weighted by Crippen LogP contribution is 2.39. The monoisotopic (exact) mass is 533 g/mol. The van der Waals surface area contributed by atoms with E-state index in [0.717, 1.165) is 9.83 Å². The summed E-state index contributed by atoms with van der Waals surface area (Å²) in [6.07, 6.45) is 1.19. The van der Waals surface area contributed by atoms with Crippen LogP contribution in [-0.4, -0.2) is 76.5 Å². The first-order valence-corrected chi connectivity index (χ1v) is 14.7. The summed E-state index contributed by atoms with van der Waals surface area (Å²) in [4.78, 5) is 22.2. The van der Waals surface area contributed by atoms with Crippen LogP contribution in [0.25, 0.3) is 10.2 Å². The molecule has 0 spiro atoms. The van der Waals surface area contributed by atoms with Gasteiger partial charge in [0.05, 0.1) is 29.4 Å². The molecule has 0 bridgehead atoms. The van der Waals surface area contributed by atoms with Crippen molar-refractivity contribution < 1.29 is 27.4 Å². The molecule has 9 nitrogen and oxygen atoms in total. The Kier molecular flexibility index (Phi) is 7.89. The van der Waals surface area contributed by atoms with Crippen LogP contribution in [0.3, 0.4) is 0 Å². The van der Waals surface area contributed by atoms with Crippen molar-refractivity contribution in [3.63, 3.8) is 0 Å². The Labute approximate surface area is 215 Å². The van der Waals surface area contributed by atoms with Crippen molar-refractivity contribution in [2.75, 3.05) is 57.2 Å². The van der Waals surface area contributed by atoms with E-state index in [2.05, 4.69) is 9.88 Å². The molecule has 0 radical (unpaired) electrons. The zero-order valence-electron chi connectivity index (χ0n) is 20.9. The number of carbonyl (C=O) groups is 1. The minimum absolute atomic E-state index is 0.108. The topological polar surface area (TPSA) is 98.3 Å². The summed E-state index contributed by atoms with van der Waals surface area (Å²) in [5.41, 5.74) is 0.983. The standard InChI is InChI=1S/C25H31N3O6S2/c1-5-32-18-15-17(16-19(33-6-2)23(18)34-7-3)24(29)27-11-13-28(14-12-27)25-26-22-20(35-25)9-8-10-21(22)36(4,30)31/h8-10,15-16H,5-7,11-14H2,1-4H3. The van der Waals surface area contributed by atoms with Crippen molar-refractivity contribution in [3.8, 4) is 17.2 Å². The van der Waals surface area contributed by atoms with Crippen LogP contribution in [-0.2, 0) is 9.84 Å². The lowest BCUT2D eigenvalue weighted by Gasteiger charge is -2.34. The number of hydrogen-bond acceptors (Lipinski definition) is 9. The van der Waals surface area contributed by atoms with E-state index >= 15 is 0 Å². The van der Waals surface area contributed by atoms with Gasteiger partial charge in [0.15, 0.2) is 26.5 Å². The molecule has 11 heteroatoms. The molecule has 1 fully saturated rings. The highest BCUT2D eigenvalue weighted by Gasteiger charge is 2.27. The first-order chi connectivity index (χ1) is 17.3. The molecule has 1 saturated heterocycles. The zero-order chi connectivity index (χ0) is 25.9. The fourth-order valence-electron chi connectivity index (χ4n) is 4.14. The maximum Gasteiger partial charge on any atom is 0.254 e. The number of nitrogens with zero attached hydrogens (tertiary/aromatic N) is 3. The zero-order valence-corrected chi connectivity index (χ0v) is 22.6. The van der Waals surface area contributed by atoms with Gasteiger partial charge in [0.2, 0.25) is 5.75 Å². The fraction of sp³-hybridized carbons (Fsp3) is 0.440. The molecule has 36 heavy (non-hydrogen) atoms. The average molecular weight is 534 g/mol. The van der Waals surface area contributed by atoms with Gasteiger partial charge in [-0.2, -0.15) is 0 Å². The molecule has 0 aliphatic carbocycles. The van der Waals surface area contributed by atoms with Gasteiger partial charge in [0.1, 0.15) is 5.52 Å². The number of anilines is 1. The summed E-state index contributed by atoms with van der Waals surface area (Å²) < 4.78 is 42.4. The first kappa shape index (κ1) is 26.0. The van der Waals surface area contributed by atoms with Crippen LogP contribution in [0.2, 0.25) is 0 Å².